The number of aldehydes is 1. The third-order valence-electron chi connectivity index (χ3n) is 9.69. The summed E-state index contributed by atoms with van der Waals surface area (Å²) in [4.78, 5) is 47.6. The minimum Gasteiger partial charge on any atom is -0.461 e. The summed E-state index contributed by atoms with van der Waals surface area (Å²) in [5.41, 5.74) is 2.38. The van der Waals surface area contributed by atoms with Gasteiger partial charge in [-0.25, -0.2) is 37.7 Å². The molecule has 6 heterocycles. The van der Waals surface area contributed by atoms with Gasteiger partial charge in [0.2, 0.25) is 0 Å². The summed E-state index contributed by atoms with van der Waals surface area (Å²) in [5, 5.41) is 15.2. The minimum absolute atomic E-state index is 0.0466. The highest BCUT2D eigenvalue weighted by molar-refractivity contribution is 5.87. The maximum atomic E-state index is 13.5. The Balaban J connectivity index is 0.000000159. The van der Waals surface area contributed by atoms with Crippen LogP contribution in [0.15, 0.2) is 36.7 Å². The van der Waals surface area contributed by atoms with E-state index in [9.17, 15) is 23.2 Å². The second-order valence-corrected chi connectivity index (χ2v) is 13.6. The van der Waals surface area contributed by atoms with Crippen molar-refractivity contribution in [2.45, 2.75) is 59.0 Å². The van der Waals surface area contributed by atoms with E-state index >= 15 is 0 Å². The van der Waals surface area contributed by atoms with Crippen LogP contribution in [0.3, 0.4) is 0 Å². The number of aromatic nitrogens is 8. The molecule has 0 radical (unpaired) electrons. The van der Waals surface area contributed by atoms with Gasteiger partial charge in [-0.2, -0.15) is 0 Å². The molecular weight excluding hydrogens is 666 g/mol. The first-order valence-corrected chi connectivity index (χ1v) is 17.0. The van der Waals surface area contributed by atoms with Crippen LogP contribution in [0.1, 0.15) is 94.2 Å². The van der Waals surface area contributed by atoms with E-state index in [1.54, 1.807) is 26.0 Å². The molecule has 0 unspecified atom stereocenters. The molecule has 0 N–H and O–H groups in total. The zero-order valence-electron chi connectivity index (χ0n) is 28.4. The molecule has 51 heavy (non-hydrogen) atoms. The second-order valence-electron chi connectivity index (χ2n) is 13.6. The van der Waals surface area contributed by atoms with Crippen molar-refractivity contribution in [1.29, 1.82) is 0 Å². The van der Waals surface area contributed by atoms with Gasteiger partial charge in [0.15, 0.2) is 17.7 Å². The lowest BCUT2D eigenvalue weighted by molar-refractivity contribution is 0.0510. The van der Waals surface area contributed by atoms with Crippen LogP contribution >= 0.6 is 0 Å². The summed E-state index contributed by atoms with van der Waals surface area (Å²) in [5.74, 6) is 0.333. The van der Waals surface area contributed by atoms with Crippen LogP contribution in [-0.2, 0) is 22.6 Å². The number of carbonyl (C=O) groups is 3. The van der Waals surface area contributed by atoms with Crippen molar-refractivity contribution >= 4 is 29.9 Å². The van der Waals surface area contributed by atoms with Crippen molar-refractivity contribution in [1.82, 2.24) is 40.0 Å². The summed E-state index contributed by atoms with van der Waals surface area (Å²) in [6.45, 7) is 8.16. The molecule has 17 heteroatoms. The lowest BCUT2D eigenvalue weighted by Gasteiger charge is -2.41. The maximum Gasteiger partial charge on any atom is 0.360 e. The van der Waals surface area contributed by atoms with Gasteiger partial charge in [-0.3, -0.25) is 4.79 Å². The number of anilines is 2. The molecule has 4 aliphatic rings. The van der Waals surface area contributed by atoms with Crippen molar-refractivity contribution in [2.75, 3.05) is 49.2 Å². The molecule has 0 aromatic carbocycles. The molecule has 2 saturated carbocycles. The Labute approximate surface area is 291 Å². The predicted molar refractivity (Wildman–Crippen MR) is 177 cm³/mol. The van der Waals surface area contributed by atoms with E-state index in [2.05, 4.69) is 35.5 Å². The molecule has 0 atom stereocenters. The minimum atomic E-state index is -2.69. The first kappa shape index (κ1) is 34.1. The largest absolute Gasteiger partial charge is 0.461 e. The van der Waals surface area contributed by atoms with Crippen LogP contribution in [0.25, 0.3) is 0 Å². The predicted octanol–water partition coefficient (Wildman–Crippen LogP) is 3.75. The third-order valence-corrected chi connectivity index (χ3v) is 9.69. The molecule has 2 spiro atoms. The molecule has 268 valence electrons. The number of pyridine rings is 2. The van der Waals surface area contributed by atoms with Crippen LogP contribution in [0.5, 0.6) is 0 Å². The Bertz CT molecular complexity index is 1920. The van der Waals surface area contributed by atoms with E-state index in [-0.39, 0.29) is 36.8 Å². The number of ether oxygens (including phenoxy) is 2. The van der Waals surface area contributed by atoms with Crippen molar-refractivity contribution < 1.29 is 32.6 Å². The van der Waals surface area contributed by atoms with Gasteiger partial charge in [0.1, 0.15) is 23.0 Å². The third kappa shape index (κ3) is 7.42. The van der Waals surface area contributed by atoms with Crippen molar-refractivity contribution in [3.05, 3.63) is 70.6 Å². The summed E-state index contributed by atoms with van der Waals surface area (Å²) in [7, 11) is 0. The molecule has 4 aromatic rings. The summed E-state index contributed by atoms with van der Waals surface area (Å²) in [6, 6.07) is 7.23. The van der Waals surface area contributed by atoms with Crippen LogP contribution in [0.2, 0.25) is 0 Å². The number of nitrogens with zero attached hydrogens (tertiary/aromatic N) is 10. The van der Waals surface area contributed by atoms with E-state index in [0.29, 0.717) is 34.4 Å². The van der Waals surface area contributed by atoms with Crippen LogP contribution < -0.4 is 9.80 Å². The van der Waals surface area contributed by atoms with Crippen molar-refractivity contribution in [2.24, 2.45) is 10.8 Å². The monoisotopic (exact) mass is 704 g/mol. The zero-order chi connectivity index (χ0) is 35.8. The normalized spacial score (nSPS) is 17.4. The SMILES string of the molecule is CCOC(=O)c1cn(Cc2ccc(N3CC4(CC4)C3)nc2C(F)F)nn1.CCOC(=O)c1cn(Cc2ccc(N3CC4(CC4)C3)nc2C=O)nn1. The Morgan fingerprint density at radius 2 is 1.24 bits per heavy atom. The molecule has 8 rings (SSSR count). The molecule has 2 saturated heterocycles. The Kier molecular flexibility index (Phi) is 9.20. The highest BCUT2D eigenvalue weighted by Crippen LogP contribution is 2.54. The highest BCUT2D eigenvalue weighted by atomic mass is 19.3. The summed E-state index contributed by atoms with van der Waals surface area (Å²) >= 11 is 0. The number of rotatable bonds is 12. The fourth-order valence-corrected chi connectivity index (χ4v) is 6.43. The van der Waals surface area contributed by atoms with Crippen molar-refractivity contribution in [3.8, 4) is 0 Å². The van der Waals surface area contributed by atoms with E-state index in [1.807, 2.05) is 17.0 Å². The number of halogens is 2. The van der Waals surface area contributed by atoms with E-state index in [1.165, 1.54) is 47.4 Å². The van der Waals surface area contributed by atoms with Gasteiger partial charge in [-0.05, 0) is 51.7 Å². The number of hydrogen-bond donors (Lipinski definition) is 0. The number of esters is 2. The molecular formula is C34H38F2N10O5. The summed E-state index contributed by atoms with van der Waals surface area (Å²) < 4.78 is 39.6. The molecule has 4 aromatic heterocycles. The first-order chi connectivity index (χ1) is 24.6. The Hall–Kier alpha value is -5.35. The fourth-order valence-electron chi connectivity index (χ4n) is 6.43. The van der Waals surface area contributed by atoms with E-state index < -0.39 is 18.4 Å². The maximum absolute atomic E-state index is 13.5. The number of hydrogen-bond acceptors (Lipinski definition) is 13. The number of alkyl halides is 2. The highest BCUT2D eigenvalue weighted by Gasteiger charge is 2.53. The quantitative estimate of drug-likeness (QED) is 0.155. The molecule has 15 nitrogen and oxygen atoms in total. The standard InChI is InChI=1S/C17H19F2N5O2.C17H19N5O3/c1-2-26-16(25)12-8-24(22-21-12)7-11-3-4-13(20-14(11)15(18)19)23-9-17(10-23)5-6-17;1-2-25-16(24)13-8-22(20-19-13)7-12-3-4-15(18-14(12)9-23)21-10-17(11-21)5-6-17/h3-4,8,15H,2,5-7,9-10H2,1H3;3-4,8-9H,2,5-7,10-11H2,1H3. The van der Waals surface area contributed by atoms with Crippen molar-refractivity contribution in [3.63, 3.8) is 0 Å². The summed E-state index contributed by atoms with van der Waals surface area (Å²) in [6.07, 6.45) is 6.01. The number of carbonyl (C=O) groups excluding carboxylic acids is 3. The van der Waals surface area contributed by atoms with Gasteiger partial charge in [0.25, 0.3) is 6.43 Å². The van der Waals surface area contributed by atoms with Gasteiger partial charge in [0.05, 0.1) is 38.7 Å². The second kappa shape index (κ2) is 13.8. The molecule has 0 bridgehead atoms. The zero-order valence-corrected chi connectivity index (χ0v) is 28.4. The van der Waals surface area contributed by atoms with Gasteiger partial charge >= 0.3 is 11.9 Å². The topological polar surface area (TPSA) is 163 Å². The molecule has 2 aliphatic heterocycles. The molecule has 2 aliphatic carbocycles. The first-order valence-electron chi connectivity index (χ1n) is 17.0. The lowest BCUT2D eigenvalue weighted by Crippen LogP contribution is -2.49. The van der Waals surface area contributed by atoms with E-state index in [4.69, 9.17) is 9.47 Å². The van der Waals surface area contributed by atoms with Gasteiger partial charge in [-0.15, -0.1) is 10.2 Å². The lowest BCUT2D eigenvalue weighted by atomic mass is 9.97. The fraction of sp³-hybridized carbons (Fsp3) is 0.500. The van der Waals surface area contributed by atoms with Gasteiger partial charge in [0, 0.05) is 48.1 Å². The van der Waals surface area contributed by atoms with Crippen LogP contribution in [0, 0.1) is 10.8 Å². The smallest absolute Gasteiger partial charge is 0.360 e. The van der Waals surface area contributed by atoms with Crippen LogP contribution in [0.4, 0.5) is 20.4 Å². The van der Waals surface area contributed by atoms with Crippen LogP contribution in [-0.4, -0.2) is 97.6 Å². The average molecular weight is 705 g/mol. The van der Waals surface area contributed by atoms with E-state index in [0.717, 1.165) is 43.8 Å². The Morgan fingerprint density at radius 1 is 0.765 bits per heavy atom. The molecule has 4 fully saturated rings. The molecule has 0 amide bonds. The van der Waals surface area contributed by atoms with Gasteiger partial charge < -0.3 is 19.3 Å². The van der Waals surface area contributed by atoms with Gasteiger partial charge in [-0.1, -0.05) is 22.6 Å². The average Bonchev–Trinajstić information content (AvgIpc) is 3.98. The Morgan fingerprint density at radius 3 is 1.69 bits per heavy atom.